The molecule has 0 N–H and O–H groups in total. The average Bonchev–Trinajstić information content (AvgIpc) is 2.46. The summed E-state index contributed by atoms with van der Waals surface area (Å²) in [6.45, 7) is 0. The maximum atomic E-state index is 12.9. The molecule has 2 aromatic carbocycles. The number of benzene rings is 2. The van der Waals surface area contributed by atoms with Crippen LogP contribution in [0.15, 0.2) is 42.5 Å². The molecule has 112 valence electrons. The standard InChI is InChI=1S/C15H13F3O3/c1-19-10-7-8-13(20-2)14(9-10)21-12-6-4-3-5-11(12)15(16,17)18/h3-9H,1-2H3. The van der Waals surface area contributed by atoms with Crippen LogP contribution in [0.5, 0.6) is 23.0 Å². The molecule has 0 fully saturated rings. The van der Waals surface area contributed by atoms with E-state index < -0.39 is 11.7 Å². The van der Waals surface area contributed by atoms with Crippen LogP contribution in [0, 0.1) is 0 Å². The number of alkyl halides is 3. The molecule has 0 bridgehead atoms. The van der Waals surface area contributed by atoms with Crippen molar-refractivity contribution in [3.05, 3.63) is 48.0 Å². The third-order valence-corrected chi connectivity index (χ3v) is 2.78. The Morgan fingerprint density at radius 1 is 0.810 bits per heavy atom. The monoisotopic (exact) mass is 298 g/mol. The van der Waals surface area contributed by atoms with E-state index in [1.54, 1.807) is 12.1 Å². The van der Waals surface area contributed by atoms with Gasteiger partial charge in [-0.15, -0.1) is 0 Å². The summed E-state index contributed by atoms with van der Waals surface area (Å²) in [4.78, 5) is 0. The molecule has 2 aromatic rings. The first-order valence-corrected chi connectivity index (χ1v) is 6.02. The molecule has 3 nitrogen and oxygen atoms in total. The molecule has 0 unspecified atom stereocenters. The highest BCUT2D eigenvalue weighted by Crippen LogP contribution is 2.41. The number of para-hydroxylation sites is 1. The molecule has 0 amide bonds. The lowest BCUT2D eigenvalue weighted by molar-refractivity contribution is -0.138. The van der Waals surface area contributed by atoms with E-state index in [0.29, 0.717) is 11.5 Å². The smallest absolute Gasteiger partial charge is 0.419 e. The zero-order valence-corrected chi connectivity index (χ0v) is 11.4. The number of hydrogen-bond donors (Lipinski definition) is 0. The van der Waals surface area contributed by atoms with Gasteiger partial charge in [0.15, 0.2) is 11.5 Å². The second kappa shape index (κ2) is 5.95. The minimum absolute atomic E-state index is 0.147. The van der Waals surface area contributed by atoms with Gasteiger partial charge in [0.05, 0.1) is 19.8 Å². The van der Waals surface area contributed by atoms with E-state index in [4.69, 9.17) is 14.2 Å². The topological polar surface area (TPSA) is 27.7 Å². The van der Waals surface area contributed by atoms with Gasteiger partial charge in [0.2, 0.25) is 0 Å². The summed E-state index contributed by atoms with van der Waals surface area (Å²) in [5.41, 5.74) is -0.852. The van der Waals surface area contributed by atoms with Gasteiger partial charge in [-0.3, -0.25) is 0 Å². The Hall–Kier alpha value is -2.37. The number of ether oxygens (including phenoxy) is 3. The average molecular weight is 298 g/mol. The predicted octanol–water partition coefficient (Wildman–Crippen LogP) is 4.51. The Bertz CT molecular complexity index is 624. The van der Waals surface area contributed by atoms with E-state index in [1.165, 1.54) is 38.5 Å². The molecule has 0 radical (unpaired) electrons. The van der Waals surface area contributed by atoms with E-state index in [9.17, 15) is 13.2 Å². The molecule has 0 spiro atoms. The summed E-state index contributed by atoms with van der Waals surface area (Å²) >= 11 is 0. The Morgan fingerprint density at radius 2 is 1.52 bits per heavy atom. The van der Waals surface area contributed by atoms with Gasteiger partial charge in [0, 0.05) is 6.07 Å². The van der Waals surface area contributed by atoms with Gasteiger partial charge in [-0.1, -0.05) is 12.1 Å². The summed E-state index contributed by atoms with van der Waals surface area (Å²) in [5, 5.41) is 0. The van der Waals surface area contributed by atoms with Crippen molar-refractivity contribution >= 4 is 0 Å². The largest absolute Gasteiger partial charge is 0.497 e. The summed E-state index contributed by atoms with van der Waals surface area (Å²) in [6, 6.07) is 9.64. The Balaban J connectivity index is 2.43. The van der Waals surface area contributed by atoms with Crippen molar-refractivity contribution in [1.29, 1.82) is 0 Å². The Kier molecular flexibility index (Phi) is 4.26. The first-order chi connectivity index (χ1) is 9.95. The highest BCUT2D eigenvalue weighted by atomic mass is 19.4. The lowest BCUT2D eigenvalue weighted by Crippen LogP contribution is -2.07. The Morgan fingerprint density at radius 3 is 2.14 bits per heavy atom. The van der Waals surface area contributed by atoms with Gasteiger partial charge in [-0.25, -0.2) is 0 Å². The molecular weight excluding hydrogens is 285 g/mol. The van der Waals surface area contributed by atoms with Crippen LogP contribution >= 0.6 is 0 Å². The molecule has 6 heteroatoms. The first-order valence-electron chi connectivity index (χ1n) is 6.02. The first kappa shape index (κ1) is 15.0. The molecule has 0 saturated heterocycles. The van der Waals surface area contributed by atoms with E-state index in [1.807, 2.05) is 0 Å². The van der Waals surface area contributed by atoms with Gasteiger partial charge in [-0.05, 0) is 24.3 Å². The van der Waals surface area contributed by atoms with Crippen LogP contribution in [0.25, 0.3) is 0 Å². The van der Waals surface area contributed by atoms with Crippen LogP contribution in [0.2, 0.25) is 0 Å². The zero-order valence-electron chi connectivity index (χ0n) is 11.4. The fourth-order valence-corrected chi connectivity index (χ4v) is 1.77. The minimum atomic E-state index is -4.50. The third-order valence-electron chi connectivity index (χ3n) is 2.78. The van der Waals surface area contributed by atoms with Crippen LogP contribution in [-0.4, -0.2) is 14.2 Å². The maximum absolute atomic E-state index is 12.9. The molecule has 21 heavy (non-hydrogen) atoms. The van der Waals surface area contributed by atoms with Crippen LogP contribution in [-0.2, 0) is 6.18 Å². The van der Waals surface area contributed by atoms with Crippen LogP contribution in [0.4, 0.5) is 13.2 Å². The quantitative estimate of drug-likeness (QED) is 0.831. The number of methoxy groups -OCH3 is 2. The lowest BCUT2D eigenvalue weighted by Gasteiger charge is -2.15. The SMILES string of the molecule is COc1ccc(OC)c(Oc2ccccc2C(F)(F)F)c1. The van der Waals surface area contributed by atoms with Crippen molar-refractivity contribution in [3.8, 4) is 23.0 Å². The van der Waals surface area contributed by atoms with E-state index in [0.717, 1.165) is 6.07 Å². The third kappa shape index (κ3) is 3.39. The van der Waals surface area contributed by atoms with Crippen molar-refractivity contribution in [2.24, 2.45) is 0 Å². The highest BCUT2D eigenvalue weighted by Gasteiger charge is 2.34. The molecule has 0 aliphatic heterocycles. The van der Waals surface area contributed by atoms with Crippen molar-refractivity contribution in [2.45, 2.75) is 6.18 Å². The molecule has 2 rings (SSSR count). The van der Waals surface area contributed by atoms with E-state index >= 15 is 0 Å². The summed E-state index contributed by atoms with van der Waals surface area (Å²) in [5.74, 6) is 0.619. The van der Waals surface area contributed by atoms with Gasteiger partial charge in [0.1, 0.15) is 11.5 Å². The number of rotatable bonds is 4. The summed E-state index contributed by atoms with van der Waals surface area (Å²) < 4.78 is 54.3. The van der Waals surface area contributed by atoms with Crippen molar-refractivity contribution < 1.29 is 27.4 Å². The summed E-state index contributed by atoms with van der Waals surface area (Å²) in [6.07, 6.45) is -4.50. The summed E-state index contributed by atoms with van der Waals surface area (Å²) in [7, 11) is 2.86. The van der Waals surface area contributed by atoms with Gasteiger partial charge >= 0.3 is 6.18 Å². The van der Waals surface area contributed by atoms with Crippen molar-refractivity contribution in [2.75, 3.05) is 14.2 Å². The molecule has 0 aromatic heterocycles. The maximum Gasteiger partial charge on any atom is 0.419 e. The molecule has 0 saturated carbocycles. The van der Waals surface area contributed by atoms with Crippen LogP contribution in [0.1, 0.15) is 5.56 Å². The Labute approximate surface area is 119 Å². The molecule has 0 aliphatic rings. The lowest BCUT2D eigenvalue weighted by atomic mass is 10.2. The second-order valence-electron chi connectivity index (χ2n) is 4.11. The zero-order chi connectivity index (χ0) is 15.5. The normalized spacial score (nSPS) is 11.1. The number of halogens is 3. The highest BCUT2D eigenvalue weighted by molar-refractivity contribution is 5.49. The fourth-order valence-electron chi connectivity index (χ4n) is 1.77. The second-order valence-corrected chi connectivity index (χ2v) is 4.11. The number of hydrogen-bond acceptors (Lipinski definition) is 3. The molecule has 0 atom stereocenters. The molecule has 0 heterocycles. The molecule has 0 aliphatic carbocycles. The van der Waals surface area contributed by atoms with Crippen LogP contribution in [0.3, 0.4) is 0 Å². The van der Waals surface area contributed by atoms with E-state index in [2.05, 4.69) is 0 Å². The minimum Gasteiger partial charge on any atom is -0.497 e. The van der Waals surface area contributed by atoms with Gasteiger partial charge in [-0.2, -0.15) is 13.2 Å². The van der Waals surface area contributed by atoms with Crippen LogP contribution < -0.4 is 14.2 Å². The van der Waals surface area contributed by atoms with Crippen molar-refractivity contribution in [1.82, 2.24) is 0 Å². The van der Waals surface area contributed by atoms with Gasteiger partial charge < -0.3 is 14.2 Å². The predicted molar refractivity (Wildman–Crippen MR) is 71.1 cm³/mol. The van der Waals surface area contributed by atoms with E-state index in [-0.39, 0.29) is 11.5 Å². The molecular formula is C15H13F3O3. The van der Waals surface area contributed by atoms with Gasteiger partial charge in [0.25, 0.3) is 0 Å². The fraction of sp³-hybridized carbons (Fsp3) is 0.200. The van der Waals surface area contributed by atoms with Crippen molar-refractivity contribution in [3.63, 3.8) is 0 Å².